The molecule has 1 aliphatic rings. The summed E-state index contributed by atoms with van der Waals surface area (Å²) < 4.78 is 5.87. The molecule has 3 rings (SSSR count). The molecule has 0 aromatic heterocycles. The number of carboxylic acids is 1. The van der Waals surface area contributed by atoms with Crippen LogP contribution in [0.15, 0.2) is 54.6 Å². The Morgan fingerprint density at radius 1 is 1.12 bits per heavy atom. The van der Waals surface area contributed by atoms with Crippen molar-refractivity contribution in [3.05, 3.63) is 65.7 Å². The maximum Gasteiger partial charge on any atom is 0.348 e. The van der Waals surface area contributed by atoms with Crippen molar-refractivity contribution in [3.63, 3.8) is 0 Å². The maximum atomic E-state index is 11.8. The second-order valence-electron chi connectivity index (χ2n) is 6.30. The zero-order valence-electron chi connectivity index (χ0n) is 13.9. The van der Waals surface area contributed by atoms with Crippen molar-refractivity contribution in [2.75, 3.05) is 13.1 Å². The lowest BCUT2D eigenvalue weighted by Crippen LogP contribution is -2.53. The minimum atomic E-state index is -1.16. The molecule has 0 radical (unpaired) electrons. The molecule has 2 aromatic rings. The summed E-state index contributed by atoms with van der Waals surface area (Å²) in [5.74, 6) is -0.320. The highest BCUT2D eigenvalue weighted by atomic mass is 16.5. The Hall–Kier alpha value is -2.84. The van der Waals surface area contributed by atoms with Gasteiger partial charge in [-0.25, -0.2) is 4.79 Å². The van der Waals surface area contributed by atoms with Crippen molar-refractivity contribution in [1.29, 1.82) is 5.26 Å². The first-order valence-electron chi connectivity index (χ1n) is 8.30. The summed E-state index contributed by atoms with van der Waals surface area (Å²) >= 11 is 0. The Balaban J connectivity index is 1.63. The van der Waals surface area contributed by atoms with Crippen LogP contribution in [-0.2, 0) is 11.3 Å². The Kier molecular flexibility index (Phi) is 5.01. The predicted molar refractivity (Wildman–Crippen MR) is 93.1 cm³/mol. The van der Waals surface area contributed by atoms with Gasteiger partial charge in [0.2, 0.25) is 5.60 Å². The summed E-state index contributed by atoms with van der Waals surface area (Å²) in [6.45, 7) is 2.05. The number of para-hydroxylation sites is 1. The Morgan fingerprint density at radius 3 is 2.32 bits per heavy atom. The van der Waals surface area contributed by atoms with Crippen LogP contribution in [0, 0.1) is 11.3 Å². The van der Waals surface area contributed by atoms with E-state index in [2.05, 4.69) is 11.0 Å². The molecular weight excluding hydrogens is 316 g/mol. The van der Waals surface area contributed by atoms with E-state index >= 15 is 0 Å². The van der Waals surface area contributed by atoms with E-state index in [4.69, 9.17) is 10.00 Å². The average Bonchev–Trinajstić information content (AvgIpc) is 2.65. The molecule has 1 saturated heterocycles. The SMILES string of the molecule is N#Cc1ccc(CN2CCC(Oc3ccccc3)(C(=O)O)CC2)cc1. The lowest BCUT2D eigenvalue weighted by molar-refractivity contribution is -0.159. The first-order chi connectivity index (χ1) is 12.1. The van der Waals surface area contributed by atoms with Gasteiger partial charge in [-0.2, -0.15) is 5.26 Å². The molecule has 1 fully saturated rings. The molecule has 5 heteroatoms. The van der Waals surface area contributed by atoms with Crippen LogP contribution in [0.4, 0.5) is 0 Å². The highest BCUT2D eigenvalue weighted by molar-refractivity contribution is 5.78. The zero-order valence-corrected chi connectivity index (χ0v) is 13.9. The van der Waals surface area contributed by atoms with Crippen LogP contribution < -0.4 is 4.74 Å². The quantitative estimate of drug-likeness (QED) is 0.908. The summed E-state index contributed by atoms with van der Waals surface area (Å²) in [6, 6.07) is 18.7. The third-order valence-corrected chi connectivity index (χ3v) is 4.60. The molecule has 0 amide bonds. The molecule has 0 aliphatic carbocycles. The standard InChI is InChI=1S/C20H20N2O3/c21-14-16-6-8-17(9-7-16)15-22-12-10-20(11-13-22,19(23)24)25-18-4-2-1-3-5-18/h1-9H,10-13,15H2,(H,23,24). The molecule has 1 N–H and O–H groups in total. The molecule has 0 bridgehead atoms. The van der Waals surface area contributed by atoms with Gasteiger partial charge >= 0.3 is 5.97 Å². The second kappa shape index (κ2) is 7.37. The van der Waals surface area contributed by atoms with Crippen LogP contribution in [-0.4, -0.2) is 34.7 Å². The number of rotatable bonds is 5. The van der Waals surface area contributed by atoms with Gasteiger partial charge in [0.25, 0.3) is 0 Å². The molecule has 0 atom stereocenters. The summed E-state index contributed by atoms with van der Waals surface area (Å²) in [7, 11) is 0. The zero-order chi connectivity index (χ0) is 17.7. The Bertz CT molecular complexity index is 758. The van der Waals surface area contributed by atoms with Gasteiger partial charge in [-0.15, -0.1) is 0 Å². The van der Waals surface area contributed by atoms with Crippen LogP contribution in [0.3, 0.4) is 0 Å². The van der Waals surface area contributed by atoms with Crippen molar-refractivity contribution in [2.24, 2.45) is 0 Å². The van der Waals surface area contributed by atoms with E-state index in [1.54, 1.807) is 24.3 Å². The molecule has 128 valence electrons. The van der Waals surface area contributed by atoms with E-state index in [1.807, 2.05) is 30.3 Å². The largest absolute Gasteiger partial charge is 0.478 e. The first-order valence-corrected chi connectivity index (χ1v) is 8.30. The fraction of sp³-hybridized carbons (Fsp3) is 0.300. The molecule has 0 saturated carbocycles. The van der Waals surface area contributed by atoms with Crippen LogP contribution in [0.2, 0.25) is 0 Å². The monoisotopic (exact) mass is 336 g/mol. The van der Waals surface area contributed by atoms with Crippen molar-refractivity contribution in [2.45, 2.75) is 25.0 Å². The Morgan fingerprint density at radius 2 is 1.76 bits per heavy atom. The number of aliphatic carboxylic acids is 1. The molecule has 25 heavy (non-hydrogen) atoms. The number of piperidine rings is 1. The van der Waals surface area contributed by atoms with E-state index in [1.165, 1.54) is 0 Å². The molecule has 0 spiro atoms. The van der Waals surface area contributed by atoms with E-state index in [-0.39, 0.29) is 0 Å². The highest BCUT2D eigenvalue weighted by Crippen LogP contribution is 2.30. The summed E-state index contributed by atoms with van der Waals surface area (Å²) in [5.41, 5.74) is 0.594. The number of nitriles is 1. The van der Waals surface area contributed by atoms with E-state index in [0.29, 0.717) is 37.2 Å². The van der Waals surface area contributed by atoms with Gasteiger partial charge in [0.15, 0.2) is 0 Å². The van der Waals surface area contributed by atoms with Gasteiger partial charge in [-0.05, 0) is 29.8 Å². The highest BCUT2D eigenvalue weighted by Gasteiger charge is 2.44. The number of carboxylic acid groups (broad SMARTS) is 1. The second-order valence-corrected chi connectivity index (χ2v) is 6.30. The number of ether oxygens (including phenoxy) is 1. The molecule has 2 aromatic carbocycles. The predicted octanol–water partition coefficient (Wildman–Crippen LogP) is 3.06. The minimum absolute atomic E-state index is 0.438. The first kappa shape index (κ1) is 17.0. The maximum absolute atomic E-state index is 11.8. The van der Waals surface area contributed by atoms with Gasteiger partial charge in [0.05, 0.1) is 11.6 Å². The molecule has 0 unspecified atom stereocenters. The third-order valence-electron chi connectivity index (χ3n) is 4.60. The number of carbonyl (C=O) groups is 1. The lowest BCUT2D eigenvalue weighted by atomic mass is 9.90. The summed E-state index contributed by atoms with van der Waals surface area (Å²) in [6.07, 6.45) is 0.876. The number of likely N-dealkylation sites (tertiary alicyclic amines) is 1. The molecule has 1 aliphatic heterocycles. The van der Waals surface area contributed by atoms with Gasteiger partial charge in [0, 0.05) is 32.5 Å². The lowest BCUT2D eigenvalue weighted by Gasteiger charge is -2.38. The fourth-order valence-electron chi connectivity index (χ4n) is 3.09. The molecular formula is C20H20N2O3. The number of benzene rings is 2. The van der Waals surface area contributed by atoms with Gasteiger partial charge < -0.3 is 9.84 Å². The van der Waals surface area contributed by atoms with Crippen LogP contribution in [0.5, 0.6) is 5.75 Å². The van der Waals surface area contributed by atoms with E-state index in [0.717, 1.165) is 12.1 Å². The topological polar surface area (TPSA) is 73.6 Å². The smallest absolute Gasteiger partial charge is 0.348 e. The minimum Gasteiger partial charge on any atom is -0.478 e. The summed E-state index contributed by atoms with van der Waals surface area (Å²) in [4.78, 5) is 14.1. The van der Waals surface area contributed by atoms with Gasteiger partial charge in [-0.1, -0.05) is 30.3 Å². The Labute approximate surface area is 147 Å². The van der Waals surface area contributed by atoms with Crippen molar-refractivity contribution in [3.8, 4) is 11.8 Å². The number of nitrogens with zero attached hydrogens (tertiary/aromatic N) is 2. The van der Waals surface area contributed by atoms with Crippen LogP contribution in [0.1, 0.15) is 24.0 Å². The van der Waals surface area contributed by atoms with Crippen molar-refractivity contribution >= 4 is 5.97 Å². The van der Waals surface area contributed by atoms with Crippen molar-refractivity contribution < 1.29 is 14.6 Å². The normalized spacial score (nSPS) is 16.8. The average molecular weight is 336 g/mol. The third kappa shape index (κ3) is 3.98. The van der Waals surface area contributed by atoms with Gasteiger partial charge in [0.1, 0.15) is 5.75 Å². The number of hydrogen-bond donors (Lipinski definition) is 1. The van der Waals surface area contributed by atoms with Crippen LogP contribution >= 0.6 is 0 Å². The summed E-state index contributed by atoms with van der Waals surface area (Å²) in [5, 5.41) is 18.6. The van der Waals surface area contributed by atoms with Crippen LogP contribution in [0.25, 0.3) is 0 Å². The molecule has 5 nitrogen and oxygen atoms in total. The number of hydrogen-bond acceptors (Lipinski definition) is 4. The van der Waals surface area contributed by atoms with Gasteiger partial charge in [-0.3, -0.25) is 4.90 Å². The molecule has 1 heterocycles. The fourth-order valence-corrected chi connectivity index (χ4v) is 3.09. The van der Waals surface area contributed by atoms with E-state index < -0.39 is 11.6 Å². The van der Waals surface area contributed by atoms with Crippen molar-refractivity contribution in [1.82, 2.24) is 4.90 Å². The van der Waals surface area contributed by atoms with E-state index in [9.17, 15) is 9.90 Å².